The first kappa shape index (κ1) is 26.2. The maximum Gasteiger partial charge on any atom is 0.258 e. The molecule has 3 fully saturated rings. The zero-order valence-corrected chi connectivity index (χ0v) is 21.6. The van der Waals surface area contributed by atoms with Crippen LogP contribution in [0.3, 0.4) is 0 Å². The first-order chi connectivity index (χ1) is 16.6. The summed E-state index contributed by atoms with van der Waals surface area (Å²) in [4.78, 5) is 25.1. The summed E-state index contributed by atoms with van der Waals surface area (Å²) in [6, 6.07) is 9.52. The SMILES string of the molecule is O=C(COc1ccc(Cl)c(Cl)c1)NC12CCC(NC(=O)COc3ccc(Cl)c(Cl)c3)(CC1)[C@@H](O)C2. The molecule has 3 aliphatic carbocycles. The van der Waals surface area contributed by atoms with Crippen LogP contribution in [0.2, 0.25) is 20.1 Å². The monoisotopic (exact) mass is 560 g/mol. The van der Waals surface area contributed by atoms with Crippen molar-refractivity contribution in [1.29, 1.82) is 0 Å². The Balaban J connectivity index is 1.28. The van der Waals surface area contributed by atoms with Crippen molar-refractivity contribution in [1.82, 2.24) is 10.6 Å². The van der Waals surface area contributed by atoms with Crippen LogP contribution in [0.1, 0.15) is 32.1 Å². The van der Waals surface area contributed by atoms with E-state index in [1.807, 2.05) is 0 Å². The quantitative estimate of drug-likeness (QED) is 0.430. The number of aliphatic hydroxyl groups excluding tert-OH is 1. The van der Waals surface area contributed by atoms with Gasteiger partial charge in [0.25, 0.3) is 11.8 Å². The number of nitrogens with one attached hydrogen (secondary N) is 2. The van der Waals surface area contributed by atoms with Gasteiger partial charge in [-0.1, -0.05) is 46.4 Å². The summed E-state index contributed by atoms with van der Waals surface area (Å²) in [6.45, 7) is -0.413. The van der Waals surface area contributed by atoms with Crippen molar-refractivity contribution in [3.05, 3.63) is 56.5 Å². The van der Waals surface area contributed by atoms with Gasteiger partial charge in [-0.15, -0.1) is 0 Å². The van der Waals surface area contributed by atoms with Gasteiger partial charge >= 0.3 is 0 Å². The van der Waals surface area contributed by atoms with Gasteiger partial charge in [-0.25, -0.2) is 0 Å². The highest BCUT2D eigenvalue weighted by Gasteiger charge is 2.55. The van der Waals surface area contributed by atoms with E-state index < -0.39 is 17.2 Å². The molecule has 2 aromatic carbocycles. The van der Waals surface area contributed by atoms with Gasteiger partial charge in [-0.2, -0.15) is 0 Å². The molecule has 2 amide bonds. The molecular formula is C24H24Cl4N2O5. The van der Waals surface area contributed by atoms with Crippen molar-refractivity contribution >= 4 is 58.2 Å². The van der Waals surface area contributed by atoms with Crippen LogP contribution < -0.4 is 20.1 Å². The molecule has 5 rings (SSSR count). The van der Waals surface area contributed by atoms with Crippen molar-refractivity contribution in [2.75, 3.05) is 13.2 Å². The summed E-state index contributed by atoms with van der Waals surface area (Å²) in [6.07, 6.45) is 1.82. The zero-order chi connectivity index (χ0) is 25.2. The molecule has 3 N–H and O–H groups in total. The van der Waals surface area contributed by atoms with E-state index in [0.29, 0.717) is 63.7 Å². The molecular weight excluding hydrogens is 538 g/mol. The molecule has 1 atom stereocenters. The minimum Gasteiger partial charge on any atom is -0.484 e. The minimum absolute atomic E-state index is 0.191. The lowest BCUT2D eigenvalue weighted by atomic mass is 9.60. The van der Waals surface area contributed by atoms with Crippen LogP contribution >= 0.6 is 46.4 Å². The van der Waals surface area contributed by atoms with Crippen molar-refractivity contribution in [3.8, 4) is 11.5 Å². The Labute approximate surface area is 223 Å². The van der Waals surface area contributed by atoms with E-state index in [4.69, 9.17) is 55.9 Å². The number of halogens is 4. The molecule has 0 aromatic heterocycles. The molecule has 11 heteroatoms. The molecule has 0 unspecified atom stereocenters. The largest absolute Gasteiger partial charge is 0.484 e. The Kier molecular flexibility index (Phi) is 7.93. The fourth-order valence-electron chi connectivity index (χ4n) is 4.74. The number of hydrogen-bond acceptors (Lipinski definition) is 5. The van der Waals surface area contributed by atoms with E-state index in [9.17, 15) is 14.7 Å². The molecule has 7 nitrogen and oxygen atoms in total. The highest BCUT2D eigenvalue weighted by atomic mass is 35.5. The molecule has 0 aliphatic heterocycles. The Bertz CT molecular complexity index is 1120. The van der Waals surface area contributed by atoms with Crippen LogP contribution in [-0.4, -0.2) is 47.3 Å². The standard InChI is InChI=1S/C24H24Cl4N2O5/c25-16-3-1-14(9-18(16)27)34-12-21(32)29-23-5-7-24(8-6-23,20(31)11-23)30-22(33)13-35-15-2-4-17(26)19(28)10-15/h1-4,9-10,20,31H,5-8,11-13H2,(H,29,32)(H,30,33)/t20-,23?,24?/m0/s1. The van der Waals surface area contributed by atoms with E-state index in [1.54, 1.807) is 30.3 Å². The second-order valence-corrected chi connectivity index (χ2v) is 10.6. The van der Waals surface area contributed by atoms with Crippen LogP contribution in [0, 0.1) is 0 Å². The molecule has 35 heavy (non-hydrogen) atoms. The fourth-order valence-corrected chi connectivity index (χ4v) is 5.31. The third-order valence-electron chi connectivity index (χ3n) is 6.64. The van der Waals surface area contributed by atoms with Gasteiger partial charge < -0.3 is 25.2 Å². The number of rotatable bonds is 8. The predicted molar refractivity (Wildman–Crippen MR) is 135 cm³/mol. The van der Waals surface area contributed by atoms with Crippen molar-refractivity contribution in [2.24, 2.45) is 0 Å². The molecule has 0 saturated heterocycles. The second-order valence-electron chi connectivity index (χ2n) is 8.98. The van der Waals surface area contributed by atoms with Gasteiger partial charge in [0.15, 0.2) is 13.2 Å². The average Bonchev–Trinajstić information content (AvgIpc) is 2.82. The van der Waals surface area contributed by atoms with Gasteiger partial charge in [-0.3, -0.25) is 9.59 Å². The summed E-state index contributed by atoms with van der Waals surface area (Å²) in [7, 11) is 0. The van der Waals surface area contributed by atoms with Crippen molar-refractivity contribution in [3.63, 3.8) is 0 Å². The van der Waals surface area contributed by atoms with E-state index in [2.05, 4.69) is 10.6 Å². The first-order valence-corrected chi connectivity index (χ1v) is 12.6. The Morgan fingerprint density at radius 1 is 0.800 bits per heavy atom. The molecule has 3 saturated carbocycles. The number of aliphatic hydroxyl groups is 1. The molecule has 2 bridgehead atoms. The summed E-state index contributed by atoms with van der Waals surface area (Å²) >= 11 is 23.7. The third-order valence-corrected chi connectivity index (χ3v) is 8.11. The molecule has 2 aromatic rings. The van der Waals surface area contributed by atoms with Gasteiger partial charge in [0.05, 0.1) is 31.7 Å². The number of fused-ring (bicyclic) bond motifs is 3. The molecule has 3 aliphatic rings. The lowest BCUT2D eigenvalue weighted by Crippen LogP contribution is -2.70. The zero-order valence-electron chi connectivity index (χ0n) is 18.6. The summed E-state index contributed by atoms with van der Waals surface area (Å²) in [5, 5.41) is 18.4. The molecule has 188 valence electrons. The molecule has 0 heterocycles. The Morgan fingerprint density at radius 2 is 1.29 bits per heavy atom. The summed E-state index contributed by atoms with van der Waals surface area (Å²) in [5.74, 6) is 0.217. The predicted octanol–water partition coefficient (Wildman–Crippen LogP) is 4.81. The van der Waals surface area contributed by atoms with Crippen LogP contribution in [0.4, 0.5) is 0 Å². The number of carbonyl (C=O) groups is 2. The van der Waals surface area contributed by atoms with Crippen LogP contribution in [0.5, 0.6) is 11.5 Å². The highest BCUT2D eigenvalue weighted by molar-refractivity contribution is 6.42. The summed E-state index contributed by atoms with van der Waals surface area (Å²) in [5.41, 5.74) is -1.29. The second kappa shape index (κ2) is 10.6. The highest BCUT2D eigenvalue weighted by Crippen LogP contribution is 2.47. The minimum atomic E-state index is -0.810. The van der Waals surface area contributed by atoms with Gasteiger partial charge in [0.1, 0.15) is 11.5 Å². The number of benzene rings is 2. The summed E-state index contributed by atoms with van der Waals surface area (Å²) < 4.78 is 11.0. The lowest BCUT2D eigenvalue weighted by Gasteiger charge is -2.56. The van der Waals surface area contributed by atoms with Crippen LogP contribution in [-0.2, 0) is 9.59 Å². The average molecular weight is 562 g/mol. The normalized spacial score (nSPS) is 25.1. The fraction of sp³-hybridized carbons (Fsp3) is 0.417. The van der Waals surface area contributed by atoms with Gasteiger partial charge in [0.2, 0.25) is 0 Å². The van der Waals surface area contributed by atoms with E-state index in [1.165, 1.54) is 6.07 Å². The number of hydrogen-bond donors (Lipinski definition) is 3. The van der Waals surface area contributed by atoms with E-state index in [0.717, 1.165) is 0 Å². The molecule has 0 spiro atoms. The Morgan fingerprint density at radius 3 is 1.74 bits per heavy atom. The Hall–Kier alpha value is -1.90. The van der Waals surface area contributed by atoms with Crippen molar-refractivity contribution in [2.45, 2.75) is 49.3 Å². The number of amides is 2. The van der Waals surface area contributed by atoms with Crippen molar-refractivity contribution < 1.29 is 24.2 Å². The maximum absolute atomic E-state index is 12.6. The van der Waals surface area contributed by atoms with Crippen LogP contribution in [0.25, 0.3) is 0 Å². The van der Waals surface area contributed by atoms with Gasteiger partial charge in [-0.05, 0) is 56.4 Å². The van der Waals surface area contributed by atoms with E-state index in [-0.39, 0.29) is 25.0 Å². The van der Waals surface area contributed by atoms with E-state index >= 15 is 0 Å². The maximum atomic E-state index is 12.6. The number of ether oxygens (including phenoxy) is 2. The van der Waals surface area contributed by atoms with Crippen LogP contribution in [0.15, 0.2) is 36.4 Å². The topological polar surface area (TPSA) is 96.9 Å². The lowest BCUT2D eigenvalue weighted by molar-refractivity contribution is -0.137. The first-order valence-electron chi connectivity index (χ1n) is 11.1. The number of carbonyl (C=O) groups excluding carboxylic acids is 2. The van der Waals surface area contributed by atoms with Gasteiger partial charge in [0, 0.05) is 17.7 Å². The third kappa shape index (κ3) is 6.09. The molecule has 0 radical (unpaired) electrons. The smallest absolute Gasteiger partial charge is 0.258 e.